The van der Waals surface area contributed by atoms with Crippen LogP contribution in [0.5, 0.6) is 5.75 Å². The molecular weight excluding hydrogens is 438 g/mol. The van der Waals surface area contributed by atoms with Crippen molar-refractivity contribution in [3.05, 3.63) is 66.0 Å². The summed E-state index contributed by atoms with van der Waals surface area (Å²) in [5.41, 5.74) is 1.83. The largest absolute Gasteiger partial charge is 0.497 e. The van der Waals surface area contributed by atoms with Crippen LogP contribution in [0.1, 0.15) is 37.7 Å². The standard InChI is InChI=1S/C24H33N5O3S/c1-4-29(5-2)16-9-17-33(30,31)28-22(18-19-10-7-6-8-11-19)24-25-23(26-27-24)20-12-14-21(32-3)15-13-20/h6-8,10-15,22,28H,4-5,9,16-18H2,1-3H3,(H,25,26,27)/t22-/m0/s1. The van der Waals surface area contributed by atoms with Crippen molar-refractivity contribution in [3.8, 4) is 17.1 Å². The highest BCUT2D eigenvalue weighted by Crippen LogP contribution is 2.22. The van der Waals surface area contributed by atoms with Crippen LogP contribution in [0.25, 0.3) is 11.4 Å². The van der Waals surface area contributed by atoms with Gasteiger partial charge in [-0.25, -0.2) is 18.1 Å². The molecule has 0 aliphatic carbocycles. The van der Waals surface area contributed by atoms with Crippen LogP contribution in [-0.4, -0.2) is 61.0 Å². The van der Waals surface area contributed by atoms with Crippen molar-refractivity contribution >= 4 is 10.0 Å². The number of H-pyrrole nitrogens is 1. The number of methoxy groups -OCH3 is 1. The number of aromatic nitrogens is 3. The van der Waals surface area contributed by atoms with Gasteiger partial charge in [-0.2, -0.15) is 5.10 Å². The number of hydrogen-bond acceptors (Lipinski definition) is 6. The predicted octanol–water partition coefficient (Wildman–Crippen LogP) is 3.42. The Bertz CT molecular complexity index is 1080. The first-order valence-corrected chi connectivity index (χ1v) is 12.9. The molecule has 9 heteroatoms. The van der Waals surface area contributed by atoms with Crippen molar-refractivity contribution < 1.29 is 13.2 Å². The fraction of sp³-hybridized carbons (Fsp3) is 0.417. The molecule has 1 aromatic heterocycles. The van der Waals surface area contributed by atoms with Gasteiger partial charge in [0, 0.05) is 5.56 Å². The van der Waals surface area contributed by atoms with Gasteiger partial charge in [-0.15, -0.1) is 0 Å². The normalized spacial score (nSPS) is 12.7. The summed E-state index contributed by atoms with van der Waals surface area (Å²) in [4.78, 5) is 6.83. The lowest BCUT2D eigenvalue weighted by molar-refractivity contribution is 0.304. The molecule has 178 valence electrons. The monoisotopic (exact) mass is 471 g/mol. The second kappa shape index (κ2) is 11.9. The maximum absolute atomic E-state index is 12.9. The summed E-state index contributed by atoms with van der Waals surface area (Å²) in [6.45, 7) is 6.73. The number of hydrogen-bond donors (Lipinski definition) is 2. The SMILES string of the molecule is CCN(CC)CCCS(=O)(=O)N[C@@H](Cc1ccccc1)c1nc(-c2ccc(OC)cc2)n[nH]1. The second-order valence-electron chi connectivity index (χ2n) is 7.83. The zero-order valence-corrected chi connectivity index (χ0v) is 20.3. The van der Waals surface area contributed by atoms with Gasteiger partial charge in [0.05, 0.1) is 18.9 Å². The van der Waals surface area contributed by atoms with Crippen molar-refractivity contribution in [2.45, 2.75) is 32.7 Å². The molecule has 0 unspecified atom stereocenters. The Hall–Kier alpha value is -2.75. The van der Waals surface area contributed by atoms with E-state index < -0.39 is 16.1 Å². The summed E-state index contributed by atoms with van der Waals surface area (Å²) < 4.78 is 33.9. The van der Waals surface area contributed by atoms with Crippen LogP contribution in [0.3, 0.4) is 0 Å². The summed E-state index contributed by atoms with van der Waals surface area (Å²) in [5, 5.41) is 7.26. The number of nitrogens with zero attached hydrogens (tertiary/aromatic N) is 3. The summed E-state index contributed by atoms with van der Waals surface area (Å²) in [5.74, 6) is 1.80. The van der Waals surface area contributed by atoms with E-state index in [1.54, 1.807) is 7.11 Å². The van der Waals surface area contributed by atoms with Crippen LogP contribution >= 0.6 is 0 Å². The summed E-state index contributed by atoms with van der Waals surface area (Å²) >= 11 is 0. The van der Waals surface area contributed by atoms with E-state index in [2.05, 4.69) is 38.7 Å². The van der Waals surface area contributed by atoms with Gasteiger partial charge >= 0.3 is 0 Å². The van der Waals surface area contributed by atoms with E-state index >= 15 is 0 Å². The van der Waals surface area contributed by atoms with Crippen LogP contribution in [-0.2, 0) is 16.4 Å². The number of sulfonamides is 1. The molecule has 0 radical (unpaired) electrons. The minimum atomic E-state index is -3.51. The molecule has 1 heterocycles. The highest BCUT2D eigenvalue weighted by molar-refractivity contribution is 7.89. The third-order valence-corrected chi connectivity index (χ3v) is 7.04. The third-order valence-electron chi connectivity index (χ3n) is 5.57. The topological polar surface area (TPSA) is 100 Å². The first-order valence-electron chi connectivity index (χ1n) is 11.3. The van der Waals surface area contributed by atoms with E-state index in [1.165, 1.54) is 0 Å². The van der Waals surface area contributed by atoms with Gasteiger partial charge in [0.25, 0.3) is 0 Å². The van der Waals surface area contributed by atoms with Gasteiger partial charge in [0.1, 0.15) is 11.6 Å². The van der Waals surface area contributed by atoms with E-state index in [9.17, 15) is 8.42 Å². The van der Waals surface area contributed by atoms with Gasteiger partial charge in [-0.1, -0.05) is 44.2 Å². The van der Waals surface area contributed by atoms with Crippen molar-refractivity contribution in [3.63, 3.8) is 0 Å². The van der Waals surface area contributed by atoms with Gasteiger partial charge in [0.2, 0.25) is 10.0 Å². The van der Waals surface area contributed by atoms with Crippen molar-refractivity contribution in [2.75, 3.05) is 32.5 Å². The van der Waals surface area contributed by atoms with Gasteiger partial charge < -0.3 is 9.64 Å². The lowest BCUT2D eigenvalue weighted by Crippen LogP contribution is -2.34. The molecule has 8 nitrogen and oxygen atoms in total. The average molecular weight is 472 g/mol. The highest BCUT2D eigenvalue weighted by atomic mass is 32.2. The Balaban J connectivity index is 1.77. The van der Waals surface area contributed by atoms with Crippen LogP contribution in [0.4, 0.5) is 0 Å². The minimum Gasteiger partial charge on any atom is -0.497 e. The molecule has 0 aliphatic heterocycles. The summed E-state index contributed by atoms with van der Waals surface area (Å²) in [6.07, 6.45) is 1.04. The Morgan fingerprint density at radius 2 is 1.76 bits per heavy atom. The first-order chi connectivity index (χ1) is 15.9. The zero-order valence-electron chi connectivity index (χ0n) is 19.5. The maximum Gasteiger partial charge on any atom is 0.212 e. The van der Waals surface area contributed by atoms with E-state index in [-0.39, 0.29) is 5.75 Å². The zero-order chi connectivity index (χ0) is 23.7. The molecule has 3 aromatic rings. The molecule has 0 amide bonds. The molecule has 2 aromatic carbocycles. The Morgan fingerprint density at radius 3 is 2.39 bits per heavy atom. The maximum atomic E-state index is 12.9. The van der Waals surface area contributed by atoms with Crippen LogP contribution in [0.2, 0.25) is 0 Å². The van der Waals surface area contributed by atoms with Crippen LogP contribution < -0.4 is 9.46 Å². The lowest BCUT2D eigenvalue weighted by Gasteiger charge is -2.19. The molecule has 0 bridgehead atoms. The minimum absolute atomic E-state index is 0.0638. The number of benzene rings is 2. The van der Waals surface area contributed by atoms with Gasteiger partial charge in [0.15, 0.2) is 5.82 Å². The third kappa shape index (κ3) is 7.38. The molecule has 0 fully saturated rings. The van der Waals surface area contributed by atoms with Crippen molar-refractivity contribution in [1.29, 1.82) is 0 Å². The Kier molecular flexibility index (Phi) is 8.99. The van der Waals surface area contributed by atoms with E-state index in [0.717, 1.165) is 36.5 Å². The molecule has 0 saturated carbocycles. The lowest BCUT2D eigenvalue weighted by atomic mass is 10.1. The van der Waals surface area contributed by atoms with Crippen molar-refractivity contribution in [2.24, 2.45) is 0 Å². The average Bonchev–Trinajstić information content (AvgIpc) is 3.32. The summed E-state index contributed by atoms with van der Waals surface area (Å²) in [7, 11) is -1.89. The second-order valence-corrected chi connectivity index (χ2v) is 9.71. The first kappa shape index (κ1) is 24.9. The molecule has 3 rings (SSSR count). The van der Waals surface area contributed by atoms with Crippen molar-refractivity contribution in [1.82, 2.24) is 24.8 Å². The fourth-order valence-electron chi connectivity index (χ4n) is 3.64. The smallest absolute Gasteiger partial charge is 0.212 e. The number of aromatic amines is 1. The van der Waals surface area contributed by atoms with Gasteiger partial charge in [-0.3, -0.25) is 5.10 Å². The Labute approximate surface area is 196 Å². The number of nitrogens with one attached hydrogen (secondary N) is 2. The highest BCUT2D eigenvalue weighted by Gasteiger charge is 2.23. The quantitative estimate of drug-likeness (QED) is 0.396. The van der Waals surface area contributed by atoms with E-state index in [4.69, 9.17) is 4.74 Å². The summed E-state index contributed by atoms with van der Waals surface area (Å²) in [6, 6.07) is 16.6. The molecule has 1 atom stereocenters. The van der Waals surface area contributed by atoms with E-state index in [0.29, 0.717) is 24.5 Å². The van der Waals surface area contributed by atoms with E-state index in [1.807, 2.05) is 54.6 Å². The number of rotatable bonds is 13. The van der Waals surface area contributed by atoms with Crippen LogP contribution in [0.15, 0.2) is 54.6 Å². The van der Waals surface area contributed by atoms with Crippen LogP contribution in [0, 0.1) is 0 Å². The molecule has 0 spiro atoms. The molecule has 33 heavy (non-hydrogen) atoms. The molecule has 2 N–H and O–H groups in total. The van der Waals surface area contributed by atoms with Gasteiger partial charge in [-0.05, 0) is 62.3 Å². The molecule has 0 saturated heterocycles. The Morgan fingerprint density at radius 1 is 1.06 bits per heavy atom. The predicted molar refractivity (Wildman–Crippen MR) is 131 cm³/mol. The molecular formula is C24H33N5O3S. The number of ether oxygens (including phenoxy) is 1. The molecule has 0 aliphatic rings. The fourth-order valence-corrected chi connectivity index (χ4v) is 4.89.